The van der Waals surface area contributed by atoms with Crippen LogP contribution < -0.4 is 4.90 Å². The predicted molar refractivity (Wildman–Crippen MR) is 113 cm³/mol. The molecule has 0 bridgehead atoms. The topological polar surface area (TPSA) is 23.3 Å². The summed E-state index contributed by atoms with van der Waals surface area (Å²) in [6.07, 6.45) is 3.72. The molecule has 27 heavy (non-hydrogen) atoms. The van der Waals surface area contributed by atoms with E-state index >= 15 is 0 Å². The summed E-state index contributed by atoms with van der Waals surface area (Å²) in [4.78, 5) is 14.1. The molecule has 1 heterocycles. The van der Waals surface area contributed by atoms with E-state index in [0.29, 0.717) is 6.42 Å². The number of hydrogen-bond acceptors (Lipinski definition) is 1. The van der Waals surface area contributed by atoms with E-state index in [-0.39, 0.29) is 11.3 Å². The van der Waals surface area contributed by atoms with Gasteiger partial charge in [-0.25, -0.2) is 0 Å². The summed E-state index contributed by atoms with van der Waals surface area (Å²) in [7, 11) is 1.86. The molecule has 3 rings (SSSR count). The summed E-state index contributed by atoms with van der Waals surface area (Å²) in [5.41, 5.74) is 5.25. The highest BCUT2D eigenvalue weighted by Gasteiger charge is 2.42. The van der Waals surface area contributed by atoms with Gasteiger partial charge in [0.25, 0.3) is 0 Å². The quantitative estimate of drug-likeness (QED) is 0.483. The number of hydrogen-bond donors (Lipinski definition) is 0. The first-order valence-electron chi connectivity index (χ1n) is 9.95. The maximum absolute atomic E-state index is 12.4. The zero-order valence-corrected chi connectivity index (χ0v) is 17.0. The van der Waals surface area contributed by atoms with Gasteiger partial charge < -0.3 is 4.90 Å². The average Bonchev–Trinajstić information content (AvgIpc) is 2.88. The van der Waals surface area contributed by atoms with Crippen molar-refractivity contribution in [3.63, 3.8) is 0 Å². The van der Waals surface area contributed by atoms with Crippen LogP contribution in [0.3, 0.4) is 0 Å². The number of anilines is 1. The summed E-state index contributed by atoms with van der Waals surface area (Å²) in [6, 6.07) is 18.6. The molecule has 2 aromatic rings. The molecule has 0 spiro atoms. The van der Waals surface area contributed by atoms with Crippen molar-refractivity contribution in [1.29, 1.82) is 0 Å². The van der Waals surface area contributed by atoms with Crippen molar-refractivity contribution >= 4 is 23.0 Å². The number of para-hydroxylation sites is 2. The zero-order valence-electron chi connectivity index (χ0n) is 17.0. The number of unbranched alkanes of at least 4 members (excludes halogenated alkanes) is 2. The lowest BCUT2D eigenvalue weighted by atomic mass is 9.82. The van der Waals surface area contributed by atoms with Gasteiger partial charge in [0, 0.05) is 44.1 Å². The van der Waals surface area contributed by atoms with Crippen molar-refractivity contribution in [1.82, 2.24) is 0 Å². The number of rotatable bonds is 7. The smallest absolute Gasteiger partial charge is 0.226 e. The van der Waals surface area contributed by atoms with Crippen molar-refractivity contribution in [2.24, 2.45) is 0 Å². The van der Waals surface area contributed by atoms with Crippen LogP contribution >= 0.6 is 0 Å². The Kier molecular flexibility index (Phi) is 5.79. The van der Waals surface area contributed by atoms with Crippen molar-refractivity contribution < 1.29 is 9.37 Å². The second kappa shape index (κ2) is 8.08. The van der Waals surface area contributed by atoms with Crippen LogP contribution in [0.4, 0.5) is 11.4 Å². The third kappa shape index (κ3) is 3.97. The van der Waals surface area contributed by atoms with Crippen LogP contribution in [0.5, 0.6) is 0 Å². The summed E-state index contributed by atoms with van der Waals surface area (Å²) in [5.74, 6) is 0.191. The Morgan fingerprint density at radius 3 is 2.37 bits per heavy atom. The van der Waals surface area contributed by atoms with E-state index < -0.39 is 0 Å². The number of benzene rings is 2. The van der Waals surface area contributed by atoms with Crippen LogP contribution in [0, 0.1) is 0 Å². The van der Waals surface area contributed by atoms with Crippen LogP contribution in [0.15, 0.2) is 54.6 Å². The lowest BCUT2D eigenvalue weighted by Gasteiger charge is -2.17. The molecular formula is C24H31N2O+. The fourth-order valence-corrected chi connectivity index (χ4v) is 3.92. The number of fused-ring (bicyclic) bond motifs is 1. The summed E-state index contributed by atoms with van der Waals surface area (Å²) in [6.45, 7) is 7.88. The maximum atomic E-state index is 12.4. The number of amides is 1. The molecule has 3 heteroatoms. The molecule has 0 radical (unpaired) electrons. The molecule has 0 unspecified atom stereocenters. The number of nitrogens with zero attached hydrogens (tertiary/aromatic N) is 2. The highest BCUT2D eigenvalue weighted by Crippen LogP contribution is 2.39. The largest absolute Gasteiger partial charge is 0.316 e. The van der Waals surface area contributed by atoms with Crippen LogP contribution in [-0.2, 0) is 10.2 Å². The minimum absolute atomic E-state index is 0.102. The van der Waals surface area contributed by atoms with Gasteiger partial charge in [-0.05, 0) is 38.8 Å². The maximum Gasteiger partial charge on any atom is 0.226 e. The van der Waals surface area contributed by atoms with Gasteiger partial charge in [-0.3, -0.25) is 4.79 Å². The Labute approximate surface area is 163 Å². The van der Waals surface area contributed by atoms with Crippen LogP contribution in [-0.4, -0.2) is 29.8 Å². The van der Waals surface area contributed by atoms with Gasteiger partial charge in [0.05, 0.1) is 5.41 Å². The fraction of sp³-hybridized carbons (Fsp3) is 0.417. The minimum Gasteiger partial charge on any atom is -0.316 e. The lowest BCUT2D eigenvalue weighted by Crippen LogP contribution is -2.27. The molecular weight excluding hydrogens is 332 g/mol. The first-order valence-corrected chi connectivity index (χ1v) is 9.95. The molecule has 0 aromatic heterocycles. The Morgan fingerprint density at radius 1 is 0.963 bits per heavy atom. The SMILES string of the molecule is CC1=[N+](CCCCCC(=O)N(C)c2ccccc2)c2ccccc2C1(C)C. The van der Waals surface area contributed by atoms with Crippen LogP contribution in [0.1, 0.15) is 52.0 Å². The number of carbonyl (C=O) groups is 1. The lowest BCUT2D eigenvalue weighted by molar-refractivity contribution is -0.439. The van der Waals surface area contributed by atoms with Crippen LogP contribution in [0.2, 0.25) is 0 Å². The van der Waals surface area contributed by atoms with Gasteiger partial charge in [-0.15, -0.1) is 0 Å². The van der Waals surface area contributed by atoms with Crippen molar-refractivity contribution in [2.45, 2.75) is 51.9 Å². The molecule has 0 fully saturated rings. The van der Waals surface area contributed by atoms with Gasteiger partial charge in [0.2, 0.25) is 11.6 Å². The summed E-state index contributed by atoms with van der Waals surface area (Å²) in [5, 5.41) is 0. The molecule has 0 atom stereocenters. The van der Waals surface area contributed by atoms with Crippen molar-refractivity contribution in [3.8, 4) is 0 Å². The van der Waals surface area contributed by atoms with Gasteiger partial charge >= 0.3 is 0 Å². The minimum atomic E-state index is 0.102. The third-order valence-electron chi connectivity index (χ3n) is 5.97. The summed E-state index contributed by atoms with van der Waals surface area (Å²) < 4.78 is 2.47. The molecule has 1 aliphatic rings. The number of carbonyl (C=O) groups excluding carboxylic acids is 1. The Balaban J connectivity index is 1.50. The Bertz CT molecular complexity index is 836. The molecule has 1 amide bonds. The first-order chi connectivity index (χ1) is 12.9. The Morgan fingerprint density at radius 2 is 1.63 bits per heavy atom. The van der Waals surface area contributed by atoms with Crippen LogP contribution in [0.25, 0.3) is 0 Å². The van der Waals surface area contributed by atoms with Gasteiger partial charge in [0.15, 0.2) is 5.71 Å². The fourth-order valence-electron chi connectivity index (χ4n) is 3.92. The zero-order chi connectivity index (χ0) is 19.4. The normalized spacial score (nSPS) is 15.0. The van der Waals surface area contributed by atoms with E-state index in [0.717, 1.165) is 31.5 Å². The third-order valence-corrected chi connectivity index (χ3v) is 5.97. The molecule has 0 N–H and O–H groups in total. The van der Waals surface area contributed by atoms with E-state index in [4.69, 9.17) is 0 Å². The molecule has 0 saturated carbocycles. The molecule has 1 aliphatic heterocycles. The molecule has 142 valence electrons. The second-order valence-corrected chi connectivity index (χ2v) is 7.98. The van der Waals surface area contributed by atoms with Crippen molar-refractivity contribution in [3.05, 3.63) is 60.2 Å². The predicted octanol–water partition coefficient (Wildman–Crippen LogP) is 5.31. The second-order valence-electron chi connectivity index (χ2n) is 7.98. The van der Waals surface area contributed by atoms with Gasteiger partial charge in [0.1, 0.15) is 6.54 Å². The first kappa shape index (κ1) is 19.3. The Hall–Kier alpha value is -2.42. The van der Waals surface area contributed by atoms with E-state index in [1.807, 2.05) is 37.4 Å². The van der Waals surface area contributed by atoms with E-state index in [1.54, 1.807) is 4.90 Å². The molecule has 3 nitrogen and oxygen atoms in total. The molecule has 0 saturated heterocycles. The van der Waals surface area contributed by atoms with E-state index in [9.17, 15) is 4.79 Å². The molecule has 2 aromatic carbocycles. The monoisotopic (exact) mass is 363 g/mol. The summed E-state index contributed by atoms with van der Waals surface area (Å²) >= 11 is 0. The highest BCUT2D eigenvalue weighted by molar-refractivity contribution is 5.93. The highest BCUT2D eigenvalue weighted by atomic mass is 16.2. The molecule has 0 aliphatic carbocycles. The van der Waals surface area contributed by atoms with Crippen molar-refractivity contribution in [2.75, 3.05) is 18.5 Å². The van der Waals surface area contributed by atoms with E-state index in [1.165, 1.54) is 17.0 Å². The standard InChI is InChI=1S/C24H31N2O/c1-19-24(2,3)21-15-10-11-16-22(21)26(19)18-12-6-9-17-23(27)25(4)20-13-7-5-8-14-20/h5,7-8,10-11,13-16H,6,9,12,17-18H2,1-4H3/q+1. The average molecular weight is 364 g/mol. The van der Waals surface area contributed by atoms with Gasteiger partial charge in [-0.1, -0.05) is 36.4 Å². The van der Waals surface area contributed by atoms with E-state index in [2.05, 4.69) is 49.6 Å². The van der Waals surface area contributed by atoms with Gasteiger partial charge in [-0.2, -0.15) is 4.58 Å².